The van der Waals surface area contributed by atoms with Crippen LogP contribution < -0.4 is 10.6 Å². The molecule has 1 aliphatic heterocycles. The highest BCUT2D eigenvalue weighted by Gasteiger charge is 2.26. The maximum Gasteiger partial charge on any atom is 0.306 e. The van der Waals surface area contributed by atoms with Crippen molar-refractivity contribution in [3.8, 4) is 0 Å². The smallest absolute Gasteiger partial charge is 0.306 e. The van der Waals surface area contributed by atoms with Gasteiger partial charge in [0.25, 0.3) is 5.91 Å². The molecule has 0 spiro atoms. The van der Waals surface area contributed by atoms with E-state index in [2.05, 4.69) is 15.4 Å². The van der Waals surface area contributed by atoms with Crippen LogP contribution in [0.3, 0.4) is 0 Å². The number of nitrogens with zero attached hydrogens (tertiary/aromatic N) is 1. The van der Waals surface area contributed by atoms with Crippen molar-refractivity contribution in [3.63, 3.8) is 0 Å². The molecular formula is C21H23N3O3. The molecule has 2 aromatic carbocycles. The molecule has 1 heterocycles. The number of hydrogen-bond donors (Lipinski definition) is 2. The molecule has 1 atom stereocenters. The van der Waals surface area contributed by atoms with Gasteiger partial charge in [-0.2, -0.15) is 0 Å². The van der Waals surface area contributed by atoms with E-state index in [-0.39, 0.29) is 18.3 Å². The fourth-order valence-electron chi connectivity index (χ4n) is 3.03. The zero-order chi connectivity index (χ0) is 19.4. The lowest BCUT2D eigenvalue weighted by molar-refractivity contribution is -0.140. The Morgan fingerprint density at radius 3 is 2.70 bits per heavy atom. The Hall–Kier alpha value is -2.99. The van der Waals surface area contributed by atoms with Gasteiger partial charge in [0.05, 0.1) is 24.9 Å². The Morgan fingerprint density at radius 1 is 1.19 bits per heavy atom. The summed E-state index contributed by atoms with van der Waals surface area (Å²) in [5.74, 6) is -0.591. The number of fused-ring (bicyclic) bond motifs is 1. The first-order valence-corrected chi connectivity index (χ1v) is 8.85. The van der Waals surface area contributed by atoms with Gasteiger partial charge in [0, 0.05) is 17.7 Å². The lowest BCUT2D eigenvalue weighted by atomic mass is 9.96. The average Bonchev–Trinajstić information content (AvgIpc) is 2.79. The Kier molecular flexibility index (Phi) is 5.66. The minimum absolute atomic E-state index is 0.168. The second-order valence-electron chi connectivity index (χ2n) is 6.51. The van der Waals surface area contributed by atoms with E-state index in [0.29, 0.717) is 6.54 Å². The molecule has 0 bridgehead atoms. The molecule has 0 saturated carbocycles. The number of ether oxygens (including phenoxy) is 1. The van der Waals surface area contributed by atoms with E-state index >= 15 is 0 Å². The molecule has 0 fully saturated rings. The maximum absolute atomic E-state index is 12.7. The topological polar surface area (TPSA) is 79.8 Å². The normalized spacial score (nSPS) is 16.0. The standard InChI is InChI=1S/C21H23N3O3/c1-13-8-9-17-16(12-13)19(15-7-5-4-6-14(15)2)24-20(21(26)23-17)22-11-10-18(25)27-3/h4-9,12,20,22H,10-11H2,1-3H3,(H,23,26). The summed E-state index contributed by atoms with van der Waals surface area (Å²) in [6.07, 6.45) is -0.626. The van der Waals surface area contributed by atoms with Crippen LogP contribution in [0.4, 0.5) is 5.69 Å². The lowest BCUT2D eigenvalue weighted by Gasteiger charge is -2.13. The highest BCUT2D eigenvalue weighted by molar-refractivity contribution is 6.20. The molecule has 2 N–H and O–H groups in total. The lowest BCUT2D eigenvalue weighted by Crippen LogP contribution is -2.39. The number of esters is 1. The third-order valence-corrected chi connectivity index (χ3v) is 4.49. The number of benzodiazepines with no additional fused rings is 1. The number of hydrogen-bond acceptors (Lipinski definition) is 5. The summed E-state index contributed by atoms with van der Waals surface area (Å²) in [5, 5.41) is 5.98. The van der Waals surface area contributed by atoms with Crippen molar-refractivity contribution in [1.82, 2.24) is 5.32 Å². The van der Waals surface area contributed by atoms with Gasteiger partial charge in [-0.1, -0.05) is 35.9 Å². The van der Waals surface area contributed by atoms with Gasteiger partial charge in [-0.3, -0.25) is 19.9 Å². The number of nitrogens with one attached hydrogen (secondary N) is 2. The Morgan fingerprint density at radius 2 is 1.96 bits per heavy atom. The molecule has 3 rings (SSSR count). The Balaban J connectivity index is 2.02. The van der Waals surface area contributed by atoms with Gasteiger partial charge in [0.1, 0.15) is 0 Å². The number of methoxy groups -OCH3 is 1. The largest absolute Gasteiger partial charge is 0.469 e. The van der Waals surface area contributed by atoms with Gasteiger partial charge < -0.3 is 10.1 Å². The molecule has 140 valence electrons. The van der Waals surface area contributed by atoms with Crippen LogP contribution in [0, 0.1) is 13.8 Å². The summed E-state index contributed by atoms with van der Waals surface area (Å²) in [4.78, 5) is 28.8. The molecule has 0 aromatic heterocycles. The number of carbonyl (C=O) groups excluding carboxylic acids is 2. The molecular weight excluding hydrogens is 342 g/mol. The molecule has 6 nitrogen and oxygen atoms in total. The molecule has 1 unspecified atom stereocenters. The number of aryl methyl sites for hydroxylation is 2. The van der Waals surface area contributed by atoms with Crippen molar-refractivity contribution in [2.75, 3.05) is 19.0 Å². The third kappa shape index (κ3) is 4.23. The zero-order valence-corrected chi connectivity index (χ0v) is 15.7. The molecule has 1 amide bonds. The molecule has 0 aliphatic carbocycles. The number of carbonyl (C=O) groups is 2. The van der Waals surface area contributed by atoms with Crippen molar-refractivity contribution in [2.24, 2.45) is 4.99 Å². The first-order chi connectivity index (χ1) is 13.0. The fraction of sp³-hybridized carbons (Fsp3) is 0.286. The van der Waals surface area contributed by atoms with Crippen LogP contribution in [0.1, 0.15) is 28.7 Å². The van der Waals surface area contributed by atoms with Gasteiger partial charge in [-0.05, 0) is 31.5 Å². The van der Waals surface area contributed by atoms with Crippen LogP contribution in [0.5, 0.6) is 0 Å². The van der Waals surface area contributed by atoms with Crippen LogP contribution in [0.25, 0.3) is 0 Å². The van der Waals surface area contributed by atoms with Gasteiger partial charge in [-0.15, -0.1) is 0 Å². The average molecular weight is 365 g/mol. The van der Waals surface area contributed by atoms with Gasteiger partial charge >= 0.3 is 5.97 Å². The number of benzene rings is 2. The second kappa shape index (κ2) is 8.14. The summed E-state index contributed by atoms with van der Waals surface area (Å²) in [6.45, 7) is 4.33. The van der Waals surface area contributed by atoms with E-state index in [1.807, 2.05) is 56.3 Å². The summed E-state index contributed by atoms with van der Waals surface area (Å²) < 4.78 is 4.65. The van der Waals surface area contributed by atoms with Crippen molar-refractivity contribution < 1.29 is 14.3 Å². The van der Waals surface area contributed by atoms with Crippen LogP contribution in [0.2, 0.25) is 0 Å². The van der Waals surface area contributed by atoms with E-state index in [9.17, 15) is 9.59 Å². The summed E-state index contributed by atoms with van der Waals surface area (Å²) in [5.41, 5.74) is 5.49. The molecule has 27 heavy (non-hydrogen) atoms. The summed E-state index contributed by atoms with van der Waals surface area (Å²) in [6, 6.07) is 13.8. The molecule has 1 aliphatic rings. The molecule has 0 radical (unpaired) electrons. The predicted octanol–water partition coefficient (Wildman–Crippen LogP) is 2.57. The van der Waals surface area contributed by atoms with Crippen molar-refractivity contribution in [3.05, 3.63) is 64.7 Å². The highest BCUT2D eigenvalue weighted by Crippen LogP contribution is 2.26. The van der Waals surface area contributed by atoms with Crippen molar-refractivity contribution in [2.45, 2.75) is 26.4 Å². The third-order valence-electron chi connectivity index (χ3n) is 4.49. The number of rotatable bonds is 5. The van der Waals surface area contributed by atoms with Crippen LogP contribution in [-0.2, 0) is 14.3 Å². The molecule has 2 aromatic rings. The van der Waals surface area contributed by atoms with Crippen molar-refractivity contribution >= 4 is 23.3 Å². The summed E-state index contributed by atoms with van der Waals surface area (Å²) >= 11 is 0. The van der Waals surface area contributed by atoms with E-state index in [1.54, 1.807) is 0 Å². The van der Waals surface area contributed by atoms with E-state index in [0.717, 1.165) is 33.7 Å². The minimum Gasteiger partial charge on any atom is -0.469 e. The quantitative estimate of drug-likeness (QED) is 0.798. The first kappa shape index (κ1) is 18.8. The second-order valence-corrected chi connectivity index (χ2v) is 6.51. The molecule has 0 saturated heterocycles. The molecule has 6 heteroatoms. The van der Waals surface area contributed by atoms with Crippen LogP contribution in [0.15, 0.2) is 47.5 Å². The van der Waals surface area contributed by atoms with Crippen molar-refractivity contribution in [1.29, 1.82) is 0 Å². The monoisotopic (exact) mass is 365 g/mol. The maximum atomic E-state index is 12.7. The van der Waals surface area contributed by atoms with E-state index in [4.69, 9.17) is 4.99 Å². The Bertz CT molecular complexity index is 905. The predicted molar refractivity (Wildman–Crippen MR) is 105 cm³/mol. The van der Waals surface area contributed by atoms with E-state index in [1.165, 1.54) is 7.11 Å². The SMILES string of the molecule is COC(=O)CCNC1N=C(c2ccccc2C)c2cc(C)ccc2NC1=O. The Labute approximate surface area is 158 Å². The van der Waals surface area contributed by atoms with Gasteiger partial charge in [0.2, 0.25) is 0 Å². The first-order valence-electron chi connectivity index (χ1n) is 8.85. The number of amides is 1. The highest BCUT2D eigenvalue weighted by atomic mass is 16.5. The van der Waals surface area contributed by atoms with Gasteiger partial charge in [0.15, 0.2) is 6.17 Å². The van der Waals surface area contributed by atoms with E-state index < -0.39 is 6.17 Å². The minimum atomic E-state index is -0.794. The zero-order valence-electron chi connectivity index (χ0n) is 15.7. The summed E-state index contributed by atoms with van der Waals surface area (Å²) in [7, 11) is 1.34. The van der Waals surface area contributed by atoms with Gasteiger partial charge in [-0.25, -0.2) is 0 Å². The fourth-order valence-corrected chi connectivity index (χ4v) is 3.03. The van der Waals surface area contributed by atoms with Crippen LogP contribution in [-0.4, -0.2) is 37.4 Å². The van der Waals surface area contributed by atoms with Crippen LogP contribution >= 0.6 is 0 Å². The number of anilines is 1. The number of aliphatic imine (C=N–C) groups is 1.